The van der Waals surface area contributed by atoms with Crippen LogP contribution in [-0.2, 0) is 16.8 Å². The highest BCUT2D eigenvalue weighted by Crippen LogP contribution is 2.39. The number of hydrogen-bond donors (Lipinski definition) is 2. The second kappa shape index (κ2) is 5.17. The number of carboxylic acid groups (broad SMARTS) is 1. The number of benzene rings is 1. The van der Waals surface area contributed by atoms with E-state index in [1.54, 1.807) is 12.1 Å². The first-order chi connectivity index (χ1) is 9.63. The van der Waals surface area contributed by atoms with Crippen LogP contribution in [0.25, 0.3) is 0 Å². The molecule has 108 valence electrons. The summed E-state index contributed by atoms with van der Waals surface area (Å²) in [4.78, 5) is 11.9. The van der Waals surface area contributed by atoms with Crippen LogP contribution in [0.15, 0.2) is 18.2 Å². The molecule has 0 heterocycles. The minimum absolute atomic E-state index is 0.231. The molecule has 0 spiro atoms. The quantitative estimate of drug-likeness (QED) is 0.893. The van der Waals surface area contributed by atoms with E-state index >= 15 is 0 Å². The highest BCUT2D eigenvalue weighted by molar-refractivity contribution is 5.82. The molecule has 0 saturated heterocycles. The molecule has 3 nitrogen and oxygen atoms in total. The zero-order valence-electron chi connectivity index (χ0n) is 11.5. The topological polar surface area (TPSA) is 49.3 Å². The monoisotopic (exact) mass is 277 g/mol. The molecule has 0 bridgehead atoms. The lowest BCUT2D eigenvalue weighted by Gasteiger charge is -2.34. The van der Waals surface area contributed by atoms with E-state index in [1.807, 2.05) is 0 Å². The van der Waals surface area contributed by atoms with Crippen LogP contribution < -0.4 is 5.32 Å². The van der Waals surface area contributed by atoms with Gasteiger partial charge in [0.05, 0.1) is 0 Å². The van der Waals surface area contributed by atoms with Crippen molar-refractivity contribution in [3.8, 4) is 0 Å². The maximum absolute atomic E-state index is 13.9. The summed E-state index contributed by atoms with van der Waals surface area (Å²) in [6.45, 7) is 0. The number of hydrogen-bond acceptors (Lipinski definition) is 2. The molecule has 20 heavy (non-hydrogen) atoms. The summed E-state index contributed by atoms with van der Waals surface area (Å²) in [6.07, 6.45) is 6.47. The fourth-order valence-electron chi connectivity index (χ4n) is 3.69. The Kier molecular flexibility index (Phi) is 3.50. The van der Waals surface area contributed by atoms with Gasteiger partial charge in [-0.15, -0.1) is 0 Å². The van der Waals surface area contributed by atoms with E-state index < -0.39 is 11.5 Å². The lowest BCUT2D eigenvalue weighted by Crippen LogP contribution is -2.52. The Balaban J connectivity index is 1.95. The third-order valence-electron chi connectivity index (χ3n) is 4.75. The van der Waals surface area contributed by atoms with Crippen molar-refractivity contribution in [1.82, 2.24) is 5.32 Å². The van der Waals surface area contributed by atoms with E-state index in [4.69, 9.17) is 0 Å². The maximum atomic E-state index is 13.9. The van der Waals surface area contributed by atoms with Crippen LogP contribution in [0.2, 0.25) is 0 Å². The van der Waals surface area contributed by atoms with Crippen LogP contribution >= 0.6 is 0 Å². The summed E-state index contributed by atoms with van der Waals surface area (Å²) in [5, 5.41) is 13.1. The lowest BCUT2D eigenvalue weighted by molar-refractivity contribution is -0.146. The Hall–Kier alpha value is -1.42. The van der Waals surface area contributed by atoms with Crippen molar-refractivity contribution in [2.75, 3.05) is 0 Å². The Morgan fingerprint density at radius 2 is 2.05 bits per heavy atom. The number of rotatable bonds is 3. The van der Waals surface area contributed by atoms with E-state index in [0.717, 1.165) is 25.7 Å². The van der Waals surface area contributed by atoms with E-state index in [0.29, 0.717) is 24.0 Å². The van der Waals surface area contributed by atoms with E-state index in [2.05, 4.69) is 5.32 Å². The number of halogens is 1. The molecule has 0 aliphatic heterocycles. The first-order valence-electron chi connectivity index (χ1n) is 7.42. The van der Waals surface area contributed by atoms with Gasteiger partial charge in [0.15, 0.2) is 0 Å². The molecule has 0 aromatic heterocycles. The van der Waals surface area contributed by atoms with Crippen LogP contribution in [0.5, 0.6) is 0 Å². The minimum atomic E-state index is -1.10. The predicted molar refractivity (Wildman–Crippen MR) is 74.0 cm³/mol. The first-order valence-corrected chi connectivity index (χ1v) is 7.42. The molecular weight excluding hydrogens is 257 g/mol. The fraction of sp³-hybridized carbons (Fsp3) is 0.562. The van der Waals surface area contributed by atoms with Crippen molar-refractivity contribution in [2.24, 2.45) is 0 Å². The van der Waals surface area contributed by atoms with Gasteiger partial charge >= 0.3 is 5.97 Å². The van der Waals surface area contributed by atoms with Gasteiger partial charge in [-0.05, 0) is 42.9 Å². The van der Waals surface area contributed by atoms with Crippen LogP contribution in [0.1, 0.15) is 49.7 Å². The zero-order chi connectivity index (χ0) is 14.2. The molecule has 1 saturated carbocycles. The number of nitrogens with one attached hydrogen (secondary N) is 1. The zero-order valence-corrected chi connectivity index (χ0v) is 11.5. The average molecular weight is 277 g/mol. The third-order valence-corrected chi connectivity index (χ3v) is 4.75. The van der Waals surface area contributed by atoms with Crippen LogP contribution in [0, 0.1) is 5.82 Å². The van der Waals surface area contributed by atoms with Crippen molar-refractivity contribution >= 4 is 5.97 Å². The van der Waals surface area contributed by atoms with E-state index in [1.165, 1.54) is 12.5 Å². The molecule has 2 aliphatic carbocycles. The third kappa shape index (κ3) is 2.12. The number of carbonyl (C=O) groups is 1. The van der Waals surface area contributed by atoms with Crippen LogP contribution in [-0.4, -0.2) is 17.1 Å². The van der Waals surface area contributed by atoms with Gasteiger partial charge in [0, 0.05) is 6.04 Å². The van der Waals surface area contributed by atoms with Crippen molar-refractivity contribution < 1.29 is 14.3 Å². The molecule has 0 amide bonds. The Labute approximate surface area is 118 Å². The van der Waals surface area contributed by atoms with Gasteiger partial charge in [0.2, 0.25) is 0 Å². The highest BCUT2D eigenvalue weighted by atomic mass is 19.1. The fourth-order valence-corrected chi connectivity index (χ4v) is 3.69. The second-order valence-electron chi connectivity index (χ2n) is 5.96. The van der Waals surface area contributed by atoms with E-state index in [-0.39, 0.29) is 11.9 Å². The standard InChI is InChI=1S/C16H20FNO2/c17-14-8-4-7-13-12(14)9-10-16(13,15(19)20)18-11-5-2-1-3-6-11/h4,7-8,11,18H,1-3,5-6,9-10H2,(H,19,20). The molecular formula is C16H20FNO2. The summed E-state index contributed by atoms with van der Waals surface area (Å²) in [7, 11) is 0. The maximum Gasteiger partial charge on any atom is 0.328 e. The number of carboxylic acids is 1. The molecule has 2 N–H and O–H groups in total. The van der Waals surface area contributed by atoms with Gasteiger partial charge in [-0.1, -0.05) is 31.4 Å². The second-order valence-corrected chi connectivity index (χ2v) is 5.96. The minimum Gasteiger partial charge on any atom is -0.480 e. The highest BCUT2D eigenvalue weighted by Gasteiger charge is 2.47. The Morgan fingerprint density at radius 1 is 1.30 bits per heavy atom. The number of fused-ring (bicyclic) bond motifs is 1. The summed E-state index contributed by atoms with van der Waals surface area (Å²) < 4.78 is 13.9. The van der Waals surface area contributed by atoms with Gasteiger partial charge in [0.25, 0.3) is 0 Å². The molecule has 1 aromatic carbocycles. The average Bonchev–Trinajstić information content (AvgIpc) is 2.82. The van der Waals surface area contributed by atoms with Crippen LogP contribution in [0.3, 0.4) is 0 Å². The van der Waals surface area contributed by atoms with E-state index in [9.17, 15) is 14.3 Å². The predicted octanol–water partition coefficient (Wildman–Crippen LogP) is 2.97. The Morgan fingerprint density at radius 3 is 2.75 bits per heavy atom. The molecule has 1 fully saturated rings. The molecule has 0 radical (unpaired) electrons. The van der Waals surface area contributed by atoms with Gasteiger partial charge in [0.1, 0.15) is 11.4 Å². The summed E-state index contributed by atoms with van der Waals surface area (Å²) >= 11 is 0. The van der Waals surface area contributed by atoms with Gasteiger partial charge < -0.3 is 5.11 Å². The number of aliphatic carboxylic acids is 1. The van der Waals surface area contributed by atoms with Crippen LogP contribution in [0.4, 0.5) is 4.39 Å². The molecule has 1 aromatic rings. The molecule has 3 rings (SSSR count). The van der Waals surface area contributed by atoms with Gasteiger partial charge in [-0.25, -0.2) is 9.18 Å². The van der Waals surface area contributed by atoms with Crippen molar-refractivity contribution in [3.05, 3.63) is 35.1 Å². The van der Waals surface area contributed by atoms with Crippen molar-refractivity contribution in [1.29, 1.82) is 0 Å². The SMILES string of the molecule is O=C(O)C1(NC2CCCCC2)CCc2c(F)cccc21. The molecule has 4 heteroatoms. The molecule has 1 atom stereocenters. The first kappa shape index (κ1) is 13.6. The smallest absolute Gasteiger partial charge is 0.328 e. The summed E-state index contributed by atoms with van der Waals surface area (Å²) in [6, 6.07) is 5.01. The van der Waals surface area contributed by atoms with Crippen molar-refractivity contribution in [2.45, 2.75) is 56.5 Å². The summed E-state index contributed by atoms with van der Waals surface area (Å²) in [5.41, 5.74) is 0.0909. The van der Waals surface area contributed by atoms with Gasteiger partial charge in [-0.2, -0.15) is 0 Å². The summed E-state index contributed by atoms with van der Waals surface area (Å²) in [5.74, 6) is -1.16. The normalized spacial score (nSPS) is 26.4. The van der Waals surface area contributed by atoms with Gasteiger partial charge in [-0.3, -0.25) is 5.32 Å². The molecule has 2 aliphatic rings. The lowest BCUT2D eigenvalue weighted by atomic mass is 9.87. The van der Waals surface area contributed by atoms with Crippen molar-refractivity contribution in [3.63, 3.8) is 0 Å². The Bertz CT molecular complexity index is 525. The molecule has 1 unspecified atom stereocenters. The largest absolute Gasteiger partial charge is 0.480 e.